The van der Waals surface area contributed by atoms with E-state index in [4.69, 9.17) is 4.74 Å². The van der Waals surface area contributed by atoms with Gasteiger partial charge in [-0.3, -0.25) is 9.59 Å². The van der Waals surface area contributed by atoms with Crippen LogP contribution in [-0.4, -0.2) is 24.5 Å². The molecule has 2 atom stereocenters. The maximum atomic E-state index is 13.2. The molecule has 2 unspecified atom stereocenters. The molecule has 0 saturated heterocycles. The Bertz CT molecular complexity index is 238. The van der Waals surface area contributed by atoms with E-state index < -0.39 is 23.8 Å². The molecule has 0 aromatic rings. The van der Waals surface area contributed by atoms with Crippen LogP contribution in [0.5, 0.6) is 0 Å². The van der Waals surface area contributed by atoms with Gasteiger partial charge in [0.05, 0.1) is 6.61 Å². The van der Waals surface area contributed by atoms with E-state index in [1.54, 1.807) is 6.92 Å². The molecule has 0 bridgehead atoms. The van der Waals surface area contributed by atoms with Gasteiger partial charge in [-0.25, -0.2) is 4.39 Å². The quantitative estimate of drug-likeness (QED) is 0.500. The smallest absolute Gasteiger partial charge is 0.316 e. The molecule has 0 N–H and O–H groups in total. The van der Waals surface area contributed by atoms with Gasteiger partial charge in [0.2, 0.25) is 0 Å². The maximum Gasteiger partial charge on any atom is 0.316 e. The maximum absolute atomic E-state index is 13.2. The van der Waals surface area contributed by atoms with Crippen molar-refractivity contribution in [2.45, 2.75) is 46.7 Å². The van der Waals surface area contributed by atoms with Crippen molar-refractivity contribution in [3.05, 3.63) is 0 Å². The van der Waals surface area contributed by atoms with Crippen LogP contribution in [0.15, 0.2) is 0 Å². The van der Waals surface area contributed by atoms with Crippen molar-refractivity contribution in [2.24, 2.45) is 11.8 Å². The van der Waals surface area contributed by atoms with Crippen LogP contribution in [0.3, 0.4) is 0 Å². The van der Waals surface area contributed by atoms with Crippen LogP contribution in [0.4, 0.5) is 4.39 Å². The zero-order valence-corrected chi connectivity index (χ0v) is 10.5. The highest BCUT2D eigenvalue weighted by Gasteiger charge is 2.29. The zero-order valence-electron chi connectivity index (χ0n) is 10.5. The first kappa shape index (κ1) is 15.1. The normalized spacial score (nSPS) is 14.6. The van der Waals surface area contributed by atoms with Gasteiger partial charge in [-0.2, -0.15) is 0 Å². The molecule has 0 amide bonds. The lowest BCUT2D eigenvalue weighted by Gasteiger charge is -2.13. The van der Waals surface area contributed by atoms with Crippen molar-refractivity contribution in [1.29, 1.82) is 0 Å². The highest BCUT2D eigenvalue weighted by Crippen LogP contribution is 2.11. The Hall–Kier alpha value is -0.930. The minimum atomic E-state index is -1.55. The topological polar surface area (TPSA) is 43.4 Å². The number of hydrogen-bond donors (Lipinski definition) is 0. The van der Waals surface area contributed by atoms with Crippen LogP contribution in [0.2, 0.25) is 0 Å². The van der Waals surface area contributed by atoms with Crippen molar-refractivity contribution in [3.8, 4) is 0 Å². The number of rotatable bonds is 7. The Morgan fingerprint density at radius 1 is 1.25 bits per heavy atom. The Morgan fingerprint density at radius 2 is 1.81 bits per heavy atom. The van der Waals surface area contributed by atoms with Crippen LogP contribution >= 0.6 is 0 Å². The van der Waals surface area contributed by atoms with E-state index in [2.05, 4.69) is 0 Å². The Labute approximate surface area is 96.4 Å². The lowest BCUT2D eigenvalue weighted by atomic mass is 10.0. The van der Waals surface area contributed by atoms with Crippen molar-refractivity contribution in [1.82, 2.24) is 0 Å². The minimum absolute atomic E-state index is 0.167. The second kappa shape index (κ2) is 7.36. The fourth-order valence-electron chi connectivity index (χ4n) is 1.16. The molecular formula is C12H21FO3. The van der Waals surface area contributed by atoms with E-state index in [-0.39, 0.29) is 18.9 Å². The van der Waals surface area contributed by atoms with Crippen molar-refractivity contribution in [2.75, 3.05) is 6.61 Å². The molecular weight excluding hydrogens is 211 g/mol. The van der Waals surface area contributed by atoms with E-state index in [0.29, 0.717) is 6.42 Å². The Morgan fingerprint density at radius 3 is 2.25 bits per heavy atom. The minimum Gasteiger partial charge on any atom is -0.465 e. The number of Topliss-reactive ketones (excluding diaryl/α,β-unsaturated/α-hetero) is 1. The first-order valence-corrected chi connectivity index (χ1v) is 5.74. The van der Waals surface area contributed by atoms with Crippen LogP contribution in [0.1, 0.15) is 40.5 Å². The van der Waals surface area contributed by atoms with E-state index in [1.807, 2.05) is 13.8 Å². The van der Waals surface area contributed by atoms with E-state index in [9.17, 15) is 14.0 Å². The number of ether oxygens (including phenoxy) is 1. The van der Waals surface area contributed by atoms with Crippen molar-refractivity contribution in [3.63, 3.8) is 0 Å². The summed E-state index contributed by atoms with van der Waals surface area (Å²) in [7, 11) is 0. The third-order valence-electron chi connectivity index (χ3n) is 2.19. The third-order valence-corrected chi connectivity index (χ3v) is 2.19. The highest BCUT2D eigenvalue weighted by molar-refractivity contribution is 6.00. The van der Waals surface area contributed by atoms with E-state index >= 15 is 0 Å². The second-order valence-electron chi connectivity index (χ2n) is 4.40. The summed E-state index contributed by atoms with van der Waals surface area (Å²) in [5.74, 6) is -2.09. The van der Waals surface area contributed by atoms with Crippen LogP contribution in [0, 0.1) is 11.8 Å². The summed E-state index contributed by atoms with van der Waals surface area (Å²) in [6.07, 6.45) is -0.798. The molecule has 4 heteroatoms. The number of halogens is 1. The summed E-state index contributed by atoms with van der Waals surface area (Å²) in [6.45, 7) is 7.25. The molecule has 0 aliphatic carbocycles. The van der Waals surface area contributed by atoms with Crippen LogP contribution in [-0.2, 0) is 14.3 Å². The summed E-state index contributed by atoms with van der Waals surface area (Å²) in [4.78, 5) is 22.8. The van der Waals surface area contributed by atoms with Gasteiger partial charge in [0, 0.05) is 0 Å². The fraction of sp³-hybridized carbons (Fsp3) is 0.833. The number of hydrogen-bond acceptors (Lipinski definition) is 3. The molecule has 0 aromatic heterocycles. The molecule has 0 spiro atoms. The van der Waals surface area contributed by atoms with Crippen molar-refractivity contribution < 1.29 is 18.7 Å². The fourth-order valence-corrected chi connectivity index (χ4v) is 1.16. The molecule has 0 fully saturated rings. The average molecular weight is 232 g/mol. The Balaban J connectivity index is 4.16. The highest BCUT2D eigenvalue weighted by atomic mass is 19.1. The van der Waals surface area contributed by atoms with Gasteiger partial charge in [-0.05, 0) is 19.3 Å². The molecule has 0 aliphatic rings. The summed E-state index contributed by atoms with van der Waals surface area (Å²) in [6, 6.07) is 0. The number of carbonyl (C=O) groups excluding carboxylic acids is 2. The zero-order chi connectivity index (χ0) is 12.7. The van der Waals surface area contributed by atoms with Crippen molar-refractivity contribution >= 4 is 11.8 Å². The number of carbonyl (C=O) groups is 2. The molecule has 0 aromatic carbocycles. The molecule has 3 nitrogen and oxygen atoms in total. The van der Waals surface area contributed by atoms with Gasteiger partial charge in [-0.15, -0.1) is 0 Å². The lowest BCUT2D eigenvalue weighted by Crippen LogP contribution is -2.30. The van der Waals surface area contributed by atoms with E-state index in [0.717, 1.165) is 0 Å². The number of esters is 1. The van der Waals surface area contributed by atoms with Gasteiger partial charge in [0.15, 0.2) is 12.0 Å². The predicted octanol–water partition coefficient (Wildman–Crippen LogP) is 2.53. The predicted molar refractivity (Wildman–Crippen MR) is 59.8 cm³/mol. The molecule has 0 heterocycles. The first-order valence-electron chi connectivity index (χ1n) is 5.74. The summed E-state index contributed by atoms with van der Waals surface area (Å²) in [5, 5.41) is 0. The molecule has 0 aliphatic heterocycles. The van der Waals surface area contributed by atoms with Crippen LogP contribution < -0.4 is 0 Å². The monoisotopic (exact) mass is 232 g/mol. The SMILES string of the molecule is CCCC(F)C(=O)C(C)C(=O)OCC(C)C. The number of alkyl halides is 1. The van der Waals surface area contributed by atoms with E-state index in [1.165, 1.54) is 6.92 Å². The average Bonchev–Trinajstić information content (AvgIpc) is 2.23. The summed E-state index contributed by atoms with van der Waals surface area (Å²) >= 11 is 0. The summed E-state index contributed by atoms with van der Waals surface area (Å²) in [5.41, 5.74) is 0. The van der Waals surface area contributed by atoms with Gasteiger partial charge in [-0.1, -0.05) is 27.2 Å². The first-order chi connectivity index (χ1) is 7.40. The molecule has 0 radical (unpaired) electrons. The standard InChI is InChI=1S/C12H21FO3/c1-5-6-10(13)11(14)9(4)12(15)16-7-8(2)3/h8-10H,5-7H2,1-4H3. The van der Waals surface area contributed by atoms with Gasteiger partial charge < -0.3 is 4.74 Å². The largest absolute Gasteiger partial charge is 0.465 e. The van der Waals surface area contributed by atoms with Gasteiger partial charge in [0.1, 0.15) is 5.92 Å². The molecule has 0 saturated carbocycles. The second-order valence-corrected chi connectivity index (χ2v) is 4.40. The lowest BCUT2D eigenvalue weighted by molar-refractivity contribution is -0.153. The molecule has 0 rings (SSSR count). The van der Waals surface area contributed by atoms with Crippen LogP contribution in [0.25, 0.3) is 0 Å². The summed E-state index contributed by atoms with van der Waals surface area (Å²) < 4.78 is 18.1. The molecule has 16 heavy (non-hydrogen) atoms. The number of ketones is 1. The van der Waals surface area contributed by atoms with Gasteiger partial charge in [0.25, 0.3) is 0 Å². The molecule has 94 valence electrons. The van der Waals surface area contributed by atoms with Gasteiger partial charge >= 0.3 is 5.97 Å². The Kier molecular flexibility index (Phi) is 6.93. The third kappa shape index (κ3) is 5.24.